The summed E-state index contributed by atoms with van der Waals surface area (Å²) in [7, 11) is 0. The zero-order valence-corrected chi connectivity index (χ0v) is 24.0. The zero-order chi connectivity index (χ0) is 48.3. The van der Waals surface area contributed by atoms with Crippen molar-refractivity contribution >= 4 is 65.0 Å². The minimum absolute atomic E-state index is 0.0414. The van der Waals surface area contributed by atoms with Gasteiger partial charge in [-0.3, -0.25) is 0 Å². The Morgan fingerprint density at radius 1 is 0.383 bits per heavy atom. The SMILES string of the molecule is [2H]c1c([2H])c(-c2c3ccccc3c(-c3c([2H])c([2H])c([2H])c4oc5c([2H])c6c([2H])c([2H])c([2H])c([2H])c6c([2H])c5c34)c3ccccc23)c([2H])c(-c2c([2H])c([2H])c([2H])c3c([2H])c([2H])c([2H])c([2H])c23)c1[2H]. The maximum atomic E-state index is 9.83. The van der Waals surface area contributed by atoms with E-state index in [1.165, 1.54) is 0 Å². The molecule has 0 aliphatic heterocycles. The van der Waals surface area contributed by atoms with E-state index in [1.807, 2.05) is 0 Å². The lowest BCUT2D eigenvalue weighted by Gasteiger charge is -2.19. The molecular weight excluding hydrogens is 569 g/mol. The lowest BCUT2D eigenvalue weighted by molar-refractivity contribution is 0.669. The Bertz CT molecular complexity index is 3920. The van der Waals surface area contributed by atoms with Gasteiger partial charge < -0.3 is 4.42 Å². The van der Waals surface area contributed by atoms with Crippen LogP contribution in [0.5, 0.6) is 0 Å². The largest absolute Gasteiger partial charge is 0.456 e. The molecule has 0 aliphatic rings. The zero-order valence-electron chi connectivity index (χ0n) is 44.0. The van der Waals surface area contributed by atoms with Gasteiger partial charge in [-0.15, -0.1) is 0 Å². The van der Waals surface area contributed by atoms with E-state index < -0.39 is 143 Å². The van der Waals surface area contributed by atoms with E-state index in [-0.39, 0.29) is 65.7 Å². The van der Waals surface area contributed by atoms with Crippen molar-refractivity contribution in [2.24, 2.45) is 0 Å². The molecule has 1 aromatic heterocycles. The molecule has 0 saturated heterocycles. The molecule has 0 unspecified atom stereocenters. The smallest absolute Gasteiger partial charge is 0.136 e. The first-order valence-corrected chi connectivity index (χ1v) is 14.6. The quantitative estimate of drug-likeness (QED) is 0.180. The van der Waals surface area contributed by atoms with Crippen molar-refractivity contribution in [1.82, 2.24) is 0 Å². The molecule has 47 heavy (non-hydrogen) atoms. The molecule has 10 aromatic rings. The van der Waals surface area contributed by atoms with Crippen molar-refractivity contribution in [3.05, 3.63) is 169 Å². The summed E-state index contributed by atoms with van der Waals surface area (Å²) in [6.45, 7) is 0. The molecule has 0 bridgehead atoms. The Balaban J connectivity index is 1.40. The van der Waals surface area contributed by atoms with Gasteiger partial charge >= 0.3 is 0 Å². The van der Waals surface area contributed by atoms with E-state index in [1.54, 1.807) is 48.5 Å². The van der Waals surface area contributed by atoms with E-state index in [0.29, 0.717) is 10.8 Å². The summed E-state index contributed by atoms with van der Waals surface area (Å²) in [5, 5.41) is -0.436. The molecule has 1 heterocycles. The number of fused-ring (bicyclic) bond motifs is 7. The highest BCUT2D eigenvalue weighted by atomic mass is 16.3. The van der Waals surface area contributed by atoms with Gasteiger partial charge in [-0.1, -0.05) is 145 Å². The van der Waals surface area contributed by atoms with Gasteiger partial charge in [0.05, 0.1) is 27.4 Å². The minimum Gasteiger partial charge on any atom is -0.456 e. The van der Waals surface area contributed by atoms with Crippen molar-refractivity contribution in [3.8, 4) is 33.4 Å². The van der Waals surface area contributed by atoms with Gasteiger partial charge in [0.25, 0.3) is 0 Å². The van der Waals surface area contributed by atoms with Gasteiger partial charge in [0.15, 0.2) is 0 Å². The van der Waals surface area contributed by atoms with Crippen LogP contribution in [0.15, 0.2) is 174 Å². The average Bonchev–Trinajstić information content (AvgIpc) is 3.72. The Morgan fingerprint density at radius 2 is 0.957 bits per heavy atom. The normalized spacial score (nSPS) is 17.8. The van der Waals surface area contributed by atoms with E-state index in [9.17, 15) is 5.48 Å². The standard InChI is InChI=1S/C46H28O/c1-2-14-31-28-43-41(27-30(31)13-1)46-40(24-11-25-42(46)47-43)45-38-21-7-5-19-36(38)44(37-20-6-8-22-39(37)45)33-17-9-16-32(26-33)35-23-10-15-29-12-3-4-18-34(29)35/h1-28H/i1D,2D,3D,4D,9D,10D,11D,12D,13D,14D,15D,16D,17D,18D,23D,24D,25D,26D,27D,28D. The lowest BCUT2D eigenvalue weighted by atomic mass is 9.84. The van der Waals surface area contributed by atoms with Gasteiger partial charge in [-0.25, -0.2) is 0 Å². The predicted molar refractivity (Wildman–Crippen MR) is 200 cm³/mol. The van der Waals surface area contributed by atoms with Crippen LogP contribution in [-0.2, 0) is 0 Å². The number of furan rings is 1. The van der Waals surface area contributed by atoms with Crippen LogP contribution in [0.1, 0.15) is 27.4 Å². The second kappa shape index (κ2) is 10.2. The van der Waals surface area contributed by atoms with Gasteiger partial charge in [0.1, 0.15) is 11.2 Å². The molecule has 218 valence electrons. The Kier molecular flexibility index (Phi) is 2.87. The third-order valence-corrected chi connectivity index (χ3v) is 8.32. The van der Waals surface area contributed by atoms with Crippen LogP contribution in [0.2, 0.25) is 0 Å². The maximum absolute atomic E-state index is 9.83. The highest BCUT2D eigenvalue weighted by Crippen LogP contribution is 2.47. The van der Waals surface area contributed by atoms with Gasteiger partial charge in [0.2, 0.25) is 0 Å². The third-order valence-electron chi connectivity index (χ3n) is 8.32. The molecule has 10 rings (SSSR count). The van der Waals surface area contributed by atoms with E-state index in [4.69, 9.17) is 26.3 Å². The first-order chi connectivity index (χ1) is 31.7. The fourth-order valence-corrected chi connectivity index (χ4v) is 6.36. The fourth-order valence-electron chi connectivity index (χ4n) is 6.36. The van der Waals surface area contributed by atoms with Crippen LogP contribution in [0.4, 0.5) is 0 Å². The topological polar surface area (TPSA) is 13.1 Å². The minimum atomic E-state index is -0.756. The van der Waals surface area contributed by atoms with Crippen molar-refractivity contribution in [1.29, 1.82) is 0 Å². The van der Waals surface area contributed by atoms with Crippen LogP contribution in [0, 0.1) is 0 Å². The van der Waals surface area contributed by atoms with Crippen LogP contribution in [-0.4, -0.2) is 0 Å². The summed E-state index contributed by atoms with van der Waals surface area (Å²) in [6.07, 6.45) is 0. The maximum Gasteiger partial charge on any atom is 0.136 e. The molecule has 0 N–H and O–H groups in total. The van der Waals surface area contributed by atoms with Crippen LogP contribution >= 0.6 is 0 Å². The molecular formula is C46H28O. The van der Waals surface area contributed by atoms with E-state index >= 15 is 0 Å². The van der Waals surface area contributed by atoms with Crippen molar-refractivity contribution in [2.45, 2.75) is 0 Å². The summed E-state index contributed by atoms with van der Waals surface area (Å²) in [5.41, 5.74) is -1.47. The molecule has 1 nitrogen and oxygen atoms in total. The van der Waals surface area contributed by atoms with Crippen molar-refractivity contribution < 1.29 is 31.8 Å². The number of benzene rings is 9. The van der Waals surface area contributed by atoms with Crippen LogP contribution in [0.25, 0.3) is 98.4 Å². The summed E-state index contributed by atoms with van der Waals surface area (Å²) in [6, 6.07) is 0.405. The number of hydrogen-bond acceptors (Lipinski definition) is 1. The van der Waals surface area contributed by atoms with Crippen LogP contribution < -0.4 is 0 Å². The molecule has 0 saturated carbocycles. The Hall–Kier alpha value is -6.18. The van der Waals surface area contributed by atoms with E-state index in [2.05, 4.69) is 0 Å². The van der Waals surface area contributed by atoms with E-state index in [0.717, 1.165) is 0 Å². The van der Waals surface area contributed by atoms with Crippen molar-refractivity contribution in [2.75, 3.05) is 0 Å². The first kappa shape index (κ1) is 13.3. The molecule has 0 fully saturated rings. The number of rotatable bonds is 3. The Labute approximate surface area is 300 Å². The summed E-state index contributed by atoms with van der Waals surface area (Å²) in [4.78, 5) is 0. The highest BCUT2D eigenvalue weighted by molar-refractivity contribution is 6.26. The summed E-state index contributed by atoms with van der Waals surface area (Å²) >= 11 is 0. The molecule has 0 atom stereocenters. The van der Waals surface area contributed by atoms with Gasteiger partial charge in [-0.2, -0.15) is 0 Å². The molecule has 9 aromatic carbocycles. The van der Waals surface area contributed by atoms with Crippen LogP contribution in [0.3, 0.4) is 0 Å². The molecule has 0 aliphatic carbocycles. The fraction of sp³-hybridized carbons (Fsp3) is 0. The highest BCUT2D eigenvalue weighted by Gasteiger charge is 2.20. The molecule has 0 spiro atoms. The van der Waals surface area contributed by atoms with Gasteiger partial charge in [-0.05, 0) is 101 Å². The Morgan fingerprint density at radius 3 is 1.72 bits per heavy atom. The second-order valence-corrected chi connectivity index (χ2v) is 10.9. The lowest BCUT2D eigenvalue weighted by Crippen LogP contribution is -1.91. The first-order valence-electron chi connectivity index (χ1n) is 24.6. The third kappa shape index (κ3) is 3.97. The van der Waals surface area contributed by atoms with Gasteiger partial charge in [0, 0.05) is 10.8 Å². The second-order valence-electron chi connectivity index (χ2n) is 10.9. The predicted octanol–water partition coefficient (Wildman–Crippen LogP) is 13.2. The summed E-state index contributed by atoms with van der Waals surface area (Å²) < 4.78 is 184. The summed E-state index contributed by atoms with van der Waals surface area (Å²) in [5.74, 6) is 0. The molecule has 1 heteroatoms. The average molecular weight is 617 g/mol. The monoisotopic (exact) mass is 616 g/mol. The number of hydrogen-bond donors (Lipinski definition) is 0. The molecule has 0 amide bonds. The van der Waals surface area contributed by atoms with Crippen molar-refractivity contribution in [3.63, 3.8) is 0 Å². The molecule has 0 radical (unpaired) electrons.